The molecule has 1 aromatic carbocycles. The third-order valence-electron chi connectivity index (χ3n) is 4.93. The Labute approximate surface area is 164 Å². The number of hydrogen-bond acceptors (Lipinski definition) is 5. The molecule has 8 heteroatoms. The van der Waals surface area contributed by atoms with Gasteiger partial charge in [-0.3, -0.25) is 14.6 Å². The van der Waals surface area contributed by atoms with Gasteiger partial charge in [0.1, 0.15) is 0 Å². The molecular formula is C20H25N4O4+. The Kier molecular flexibility index (Phi) is 5.48. The van der Waals surface area contributed by atoms with Crippen molar-refractivity contribution in [3.8, 4) is 11.5 Å². The fourth-order valence-corrected chi connectivity index (χ4v) is 3.40. The molecule has 0 radical (unpaired) electrons. The first kappa shape index (κ1) is 19.6. The summed E-state index contributed by atoms with van der Waals surface area (Å²) in [6.45, 7) is 4.46. The van der Waals surface area contributed by atoms with Crippen molar-refractivity contribution in [1.82, 2.24) is 9.80 Å². The van der Waals surface area contributed by atoms with E-state index in [-0.39, 0.29) is 11.9 Å². The molecule has 0 saturated carbocycles. The lowest BCUT2D eigenvalue weighted by Crippen LogP contribution is -2.63. The molecule has 0 aliphatic carbocycles. The molecule has 1 fully saturated rings. The van der Waals surface area contributed by atoms with Gasteiger partial charge in [0, 0.05) is 19.2 Å². The molecule has 3 amide bonds. The van der Waals surface area contributed by atoms with Crippen molar-refractivity contribution in [3.63, 3.8) is 0 Å². The fraction of sp³-hybridized carbons (Fsp3) is 0.400. The summed E-state index contributed by atoms with van der Waals surface area (Å²) < 4.78 is 12.4. The normalized spacial score (nSPS) is 19.5. The van der Waals surface area contributed by atoms with E-state index < -0.39 is 6.04 Å². The molecule has 2 aliphatic rings. The van der Waals surface area contributed by atoms with E-state index in [1.54, 1.807) is 30.6 Å². The average molecular weight is 385 g/mol. The second-order valence-electron chi connectivity index (χ2n) is 6.40. The summed E-state index contributed by atoms with van der Waals surface area (Å²) in [4.78, 5) is 32.7. The van der Waals surface area contributed by atoms with Crippen LogP contribution in [-0.2, 0) is 4.79 Å². The number of carbonyl (C=O) groups is 2. The smallest absolute Gasteiger partial charge is 0.334 e. The van der Waals surface area contributed by atoms with E-state index in [1.165, 1.54) is 4.90 Å². The van der Waals surface area contributed by atoms with E-state index in [0.29, 0.717) is 36.3 Å². The van der Waals surface area contributed by atoms with Crippen LogP contribution < -0.4 is 9.47 Å². The number of aliphatic imine (C=N–C) groups is 1. The maximum atomic E-state index is 12.8. The highest BCUT2D eigenvalue weighted by molar-refractivity contribution is 6.24. The first-order valence-electron chi connectivity index (χ1n) is 9.18. The van der Waals surface area contributed by atoms with Gasteiger partial charge in [-0.25, -0.2) is 9.37 Å². The van der Waals surface area contributed by atoms with E-state index in [9.17, 15) is 9.59 Å². The Morgan fingerprint density at radius 2 is 1.75 bits per heavy atom. The van der Waals surface area contributed by atoms with Crippen LogP contribution in [0, 0.1) is 0 Å². The number of amides is 3. The minimum atomic E-state index is -0.581. The summed E-state index contributed by atoms with van der Waals surface area (Å²) in [5.41, 5.74) is 0.901. The van der Waals surface area contributed by atoms with E-state index in [4.69, 9.17) is 9.47 Å². The van der Waals surface area contributed by atoms with Crippen LogP contribution in [-0.4, -0.2) is 78.4 Å². The molecule has 8 nitrogen and oxygen atoms in total. The second-order valence-corrected chi connectivity index (χ2v) is 6.40. The predicted octanol–water partition coefficient (Wildman–Crippen LogP) is 1.84. The number of amidine groups is 2. The molecule has 28 heavy (non-hydrogen) atoms. The molecule has 0 N–H and O–H groups in total. The lowest BCUT2D eigenvalue weighted by atomic mass is 10.1. The Morgan fingerprint density at radius 3 is 2.36 bits per heavy atom. The van der Waals surface area contributed by atoms with Gasteiger partial charge >= 0.3 is 11.9 Å². The van der Waals surface area contributed by atoms with Crippen LogP contribution >= 0.6 is 0 Å². The van der Waals surface area contributed by atoms with E-state index in [2.05, 4.69) is 4.99 Å². The second kappa shape index (κ2) is 7.84. The van der Waals surface area contributed by atoms with Gasteiger partial charge in [-0.2, -0.15) is 0 Å². The third kappa shape index (κ3) is 3.15. The van der Waals surface area contributed by atoms with Crippen molar-refractivity contribution in [2.45, 2.75) is 19.9 Å². The third-order valence-corrected chi connectivity index (χ3v) is 4.93. The Hall–Kier alpha value is -3.16. The number of nitrogens with zero attached hydrogens (tertiary/aromatic N) is 4. The molecule has 2 aliphatic heterocycles. The van der Waals surface area contributed by atoms with Gasteiger partial charge in [0.05, 0.1) is 21.3 Å². The van der Waals surface area contributed by atoms with E-state index in [1.807, 2.05) is 44.3 Å². The molecule has 1 unspecified atom stereocenters. The molecule has 148 valence electrons. The van der Waals surface area contributed by atoms with Crippen molar-refractivity contribution in [2.24, 2.45) is 4.99 Å². The number of benzene rings is 1. The lowest BCUT2D eigenvalue weighted by molar-refractivity contribution is -0.504. The number of rotatable bonds is 6. The largest absolute Gasteiger partial charge is 0.493 e. The standard InChI is InChI=1S/C20H25N4O4/c1-6-23-18-17(19(25)24(7-2)20(23)26)22(3)16(21-18)11-9-13-8-10-14(27-4)15(12-13)28-5/h8-12,17H,6-7H2,1-5H3/q+1. The molecule has 0 aromatic heterocycles. The average Bonchev–Trinajstić information content (AvgIpc) is 3.03. The van der Waals surface area contributed by atoms with Crippen LogP contribution in [0.25, 0.3) is 6.08 Å². The summed E-state index contributed by atoms with van der Waals surface area (Å²) in [5, 5.41) is 0. The number of ether oxygens (including phenoxy) is 2. The predicted molar refractivity (Wildman–Crippen MR) is 106 cm³/mol. The van der Waals surface area contributed by atoms with Crippen LogP contribution in [0.15, 0.2) is 29.3 Å². The molecule has 2 heterocycles. The fourth-order valence-electron chi connectivity index (χ4n) is 3.40. The van der Waals surface area contributed by atoms with Gasteiger partial charge in [-0.1, -0.05) is 6.07 Å². The molecule has 0 bridgehead atoms. The molecular weight excluding hydrogens is 360 g/mol. The van der Waals surface area contributed by atoms with Crippen LogP contribution in [0.1, 0.15) is 19.4 Å². The number of likely N-dealkylation sites (N-methyl/N-ethyl adjacent to an activating group) is 3. The maximum Gasteiger partial charge on any atom is 0.334 e. The number of hydrogen-bond donors (Lipinski definition) is 0. The van der Waals surface area contributed by atoms with Gasteiger partial charge in [0.15, 0.2) is 11.5 Å². The summed E-state index contributed by atoms with van der Waals surface area (Å²) in [5.74, 6) is 2.14. The van der Waals surface area contributed by atoms with Crippen LogP contribution in [0.5, 0.6) is 11.5 Å². The minimum absolute atomic E-state index is 0.243. The van der Waals surface area contributed by atoms with Gasteiger partial charge in [0.2, 0.25) is 0 Å². The van der Waals surface area contributed by atoms with Crippen LogP contribution in [0.4, 0.5) is 4.79 Å². The highest BCUT2D eigenvalue weighted by Crippen LogP contribution is 2.28. The number of carbonyl (C=O) groups excluding carboxylic acids is 2. The molecule has 0 spiro atoms. The lowest BCUT2D eigenvalue weighted by Gasteiger charge is -2.33. The highest BCUT2D eigenvalue weighted by Gasteiger charge is 2.52. The van der Waals surface area contributed by atoms with Crippen molar-refractivity contribution in [2.75, 3.05) is 34.4 Å². The first-order valence-corrected chi connectivity index (χ1v) is 9.18. The topological polar surface area (TPSA) is 74.5 Å². The highest BCUT2D eigenvalue weighted by atomic mass is 16.5. The van der Waals surface area contributed by atoms with Crippen LogP contribution in [0.2, 0.25) is 0 Å². The zero-order chi connectivity index (χ0) is 20.4. The zero-order valence-corrected chi connectivity index (χ0v) is 16.8. The number of fused-ring (bicyclic) bond motifs is 1. The molecule has 1 aromatic rings. The van der Waals surface area contributed by atoms with Crippen molar-refractivity contribution in [3.05, 3.63) is 29.8 Å². The Morgan fingerprint density at radius 1 is 1.07 bits per heavy atom. The summed E-state index contributed by atoms with van der Waals surface area (Å²) in [7, 11) is 4.99. The van der Waals surface area contributed by atoms with Crippen molar-refractivity contribution >= 4 is 29.7 Å². The van der Waals surface area contributed by atoms with Crippen LogP contribution in [0.3, 0.4) is 0 Å². The monoisotopic (exact) mass is 385 g/mol. The quantitative estimate of drug-likeness (QED) is 0.701. The number of methoxy groups -OCH3 is 2. The van der Waals surface area contributed by atoms with Gasteiger partial charge in [-0.05, 0) is 42.6 Å². The number of imide groups is 1. The summed E-state index contributed by atoms with van der Waals surface area (Å²) in [6.07, 6.45) is 3.71. The minimum Gasteiger partial charge on any atom is -0.493 e. The van der Waals surface area contributed by atoms with Crippen molar-refractivity contribution < 1.29 is 23.6 Å². The van der Waals surface area contributed by atoms with Gasteiger partial charge in [-0.15, -0.1) is 0 Å². The summed E-state index contributed by atoms with van der Waals surface area (Å²) >= 11 is 0. The molecule has 1 atom stereocenters. The first-order chi connectivity index (χ1) is 13.5. The van der Waals surface area contributed by atoms with Gasteiger partial charge < -0.3 is 9.47 Å². The Balaban J connectivity index is 1.94. The van der Waals surface area contributed by atoms with E-state index in [0.717, 1.165) is 5.56 Å². The number of urea groups is 1. The zero-order valence-electron chi connectivity index (χ0n) is 16.8. The van der Waals surface area contributed by atoms with Gasteiger partial charge in [0.25, 0.3) is 17.8 Å². The summed E-state index contributed by atoms with van der Waals surface area (Å²) in [6, 6.07) is 4.69. The van der Waals surface area contributed by atoms with Crippen molar-refractivity contribution in [1.29, 1.82) is 0 Å². The molecule has 1 saturated heterocycles. The Bertz CT molecular complexity index is 903. The van der Waals surface area contributed by atoms with E-state index >= 15 is 0 Å². The maximum absolute atomic E-state index is 12.8. The SMILES string of the molecule is CCN1C(=O)C2C(=NC(C=Cc3ccc(OC)c(OC)c3)=[N+]2C)N(CC)C1=O. The molecule has 3 rings (SSSR count).